The maximum absolute atomic E-state index is 12.9. The fourth-order valence-electron chi connectivity index (χ4n) is 5.98. The normalized spacial score (nSPS) is 11.7. The highest BCUT2D eigenvalue weighted by molar-refractivity contribution is 6.15. The van der Waals surface area contributed by atoms with Crippen molar-refractivity contribution < 1.29 is 0 Å². The third-order valence-electron chi connectivity index (χ3n) is 7.75. The van der Waals surface area contributed by atoms with E-state index in [0.29, 0.717) is 5.22 Å². The van der Waals surface area contributed by atoms with Crippen molar-refractivity contribution >= 4 is 32.3 Å². The lowest BCUT2D eigenvalue weighted by molar-refractivity contribution is 1.26. The number of fused-ring (bicyclic) bond motifs is 10. The van der Waals surface area contributed by atoms with E-state index in [9.17, 15) is 9.59 Å². The Labute approximate surface area is 225 Å². The molecule has 184 valence electrons. The minimum Gasteiger partial charge on any atom is -0.286 e. The third kappa shape index (κ3) is 3.81. The monoisotopic (exact) mass is 500 g/mol. The molecule has 0 unspecified atom stereocenters. The van der Waals surface area contributed by atoms with Gasteiger partial charge < -0.3 is 0 Å². The molecule has 5 aromatic rings. The van der Waals surface area contributed by atoms with Gasteiger partial charge in [-0.2, -0.15) is 0 Å². The molecule has 0 N–H and O–H groups in total. The lowest BCUT2D eigenvalue weighted by Crippen LogP contribution is -2.23. The molecule has 2 heteroatoms. The Bertz CT molecular complexity index is 2210. The van der Waals surface area contributed by atoms with Gasteiger partial charge in [0.2, 0.25) is 10.9 Å². The van der Waals surface area contributed by atoms with Crippen LogP contribution < -0.4 is 10.9 Å². The van der Waals surface area contributed by atoms with Gasteiger partial charge in [-0.15, -0.1) is 0 Å². The number of rotatable bonds is 0. The summed E-state index contributed by atoms with van der Waals surface area (Å²) in [6, 6.07) is 44.6. The second kappa shape index (κ2) is 9.34. The zero-order valence-corrected chi connectivity index (χ0v) is 21.2. The SMILES string of the molecule is O=c1ccc2c3ccccc3c3ccccc3c3ccccc3c=2c1=O.c1ccc2c(c1)Cc1ccccc1-2. The molecule has 0 heterocycles. The van der Waals surface area contributed by atoms with Gasteiger partial charge in [0.15, 0.2) is 0 Å². The minimum absolute atomic E-state index is 0.441. The first-order valence-corrected chi connectivity index (χ1v) is 13.2. The van der Waals surface area contributed by atoms with Gasteiger partial charge in [-0.1, -0.05) is 121 Å². The predicted molar refractivity (Wildman–Crippen MR) is 161 cm³/mol. The van der Waals surface area contributed by atoms with Crippen LogP contribution in [0.15, 0.2) is 143 Å². The molecule has 0 bridgehead atoms. The van der Waals surface area contributed by atoms with Crippen LogP contribution >= 0.6 is 0 Å². The van der Waals surface area contributed by atoms with E-state index >= 15 is 0 Å². The largest absolute Gasteiger partial charge is 0.286 e. The molecule has 0 aliphatic heterocycles. The molecule has 3 aliphatic rings. The summed E-state index contributed by atoms with van der Waals surface area (Å²) in [4.78, 5) is 25.0. The first-order chi connectivity index (χ1) is 19.2. The second-order valence-electron chi connectivity index (χ2n) is 9.94. The first kappa shape index (κ1) is 23.1. The van der Waals surface area contributed by atoms with Crippen molar-refractivity contribution in [3.05, 3.63) is 175 Å². The van der Waals surface area contributed by atoms with Gasteiger partial charge in [-0.25, -0.2) is 0 Å². The van der Waals surface area contributed by atoms with Crippen LogP contribution in [-0.2, 0) is 6.42 Å². The summed E-state index contributed by atoms with van der Waals surface area (Å²) in [6.45, 7) is 0. The highest BCUT2D eigenvalue weighted by atomic mass is 16.2. The van der Waals surface area contributed by atoms with Crippen molar-refractivity contribution in [1.29, 1.82) is 0 Å². The second-order valence-corrected chi connectivity index (χ2v) is 9.94. The van der Waals surface area contributed by atoms with Crippen LogP contribution in [0.4, 0.5) is 0 Å². The maximum Gasteiger partial charge on any atom is 0.234 e. The van der Waals surface area contributed by atoms with Crippen LogP contribution in [0.3, 0.4) is 0 Å². The molecule has 0 radical (unpaired) electrons. The van der Waals surface area contributed by atoms with Crippen molar-refractivity contribution in [2.75, 3.05) is 0 Å². The zero-order chi connectivity index (χ0) is 26.3. The number of hydrogen-bond donors (Lipinski definition) is 0. The predicted octanol–water partition coefficient (Wildman–Crippen LogP) is 7.85. The van der Waals surface area contributed by atoms with Gasteiger partial charge in [0.05, 0.1) is 0 Å². The summed E-state index contributed by atoms with van der Waals surface area (Å²) in [5.74, 6) is 0. The van der Waals surface area contributed by atoms with Gasteiger partial charge in [-0.05, 0) is 78.3 Å². The van der Waals surface area contributed by atoms with Crippen molar-refractivity contribution in [3.8, 4) is 11.1 Å². The molecule has 3 aliphatic carbocycles. The van der Waals surface area contributed by atoms with Crippen LogP contribution in [0.2, 0.25) is 0 Å². The van der Waals surface area contributed by atoms with Crippen LogP contribution in [0.1, 0.15) is 11.1 Å². The maximum atomic E-state index is 12.9. The Kier molecular flexibility index (Phi) is 5.53. The first-order valence-electron chi connectivity index (χ1n) is 13.2. The molecule has 5 aromatic carbocycles. The summed E-state index contributed by atoms with van der Waals surface area (Å²) < 4.78 is 0. The molecule has 0 aromatic heterocycles. The molecule has 39 heavy (non-hydrogen) atoms. The highest BCUT2D eigenvalue weighted by Crippen LogP contribution is 2.35. The third-order valence-corrected chi connectivity index (χ3v) is 7.75. The van der Waals surface area contributed by atoms with Gasteiger partial charge in [0, 0.05) is 5.22 Å². The molecule has 2 nitrogen and oxygen atoms in total. The summed E-state index contributed by atoms with van der Waals surface area (Å²) in [5.41, 5.74) is 4.85. The van der Waals surface area contributed by atoms with Crippen LogP contribution in [-0.4, -0.2) is 0 Å². The average molecular weight is 501 g/mol. The molecule has 0 fully saturated rings. The van der Waals surface area contributed by atoms with Gasteiger partial charge in [0.1, 0.15) is 0 Å². The Hall–Kier alpha value is -5.08. The average Bonchev–Trinajstić information content (AvgIpc) is 3.37. The van der Waals surface area contributed by atoms with Gasteiger partial charge >= 0.3 is 0 Å². The lowest BCUT2D eigenvalue weighted by Gasteiger charge is -2.07. The Morgan fingerprint density at radius 2 is 0.795 bits per heavy atom. The smallest absolute Gasteiger partial charge is 0.234 e. The van der Waals surface area contributed by atoms with E-state index in [-0.39, 0.29) is 0 Å². The van der Waals surface area contributed by atoms with E-state index in [2.05, 4.69) is 66.7 Å². The summed E-state index contributed by atoms with van der Waals surface area (Å²) in [5, 5.41) is 7.33. The van der Waals surface area contributed by atoms with Crippen LogP contribution in [0.25, 0.3) is 43.4 Å². The topological polar surface area (TPSA) is 34.1 Å². The Balaban J connectivity index is 0.000000162. The quantitative estimate of drug-likeness (QED) is 0.199. The summed E-state index contributed by atoms with van der Waals surface area (Å²) in [6.07, 6.45) is 1.10. The minimum atomic E-state index is -0.468. The van der Waals surface area contributed by atoms with Crippen molar-refractivity contribution in [3.63, 3.8) is 0 Å². The van der Waals surface area contributed by atoms with E-state index in [0.717, 1.165) is 44.0 Å². The van der Waals surface area contributed by atoms with E-state index in [1.54, 1.807) is 6.07 Å². The Morgan fingerprint density at radius 1 is 0.385 bits per heavy atom. The molecular formula is C37H24O2. The number of hydrogen-bond acceptors (Lipinski definition) is 2. The summed E-state index contributed by atoms with van der Waals surface area (Å²) >= 11 is 0. The molecule has 0 saturated carbocycles. The zero-order valence-electron chi connectivity index (χ0n) is 21.2. The Morgan fingerprint density at radius 3 is 1.36 bits per heavy atom. The molecule has 0 saturated heterocycles. The molecule has 0 amide bonds. The van der Waals surface area contributed by atoms with Gasteiger partial charge in [0.25, 0.3) is 0 Å². The van der Waals surface area contributed by atoms with E-state index in [1.807, 2.05) is 54.6 Å². The van der Waals surface area contributed by atoms with Gasteiger partial charge in [-0.3, -0.25) is 9.59 Å². The highest BCUT2D eigenvalue weighted by Gasteiger charge is 2.16. The summed E-state index contributed by atoms with van der Waals surface area (Å²) in [7, 11) is 0. The van der Waals surface area contributed by atoms with Crippen LogP contribution in [0, 0.1) is 10.4 Å². The van der Waals surface area contributed by atoms with E-state index in [4.69, 9.17) is 0 Å². The standard InChI is InChI=1S/C24H14O2.C13H10/c25-22-14-13-21-19-11-4-3-9-17(19)15-7-1-2-8-16(15)18-10-5-6-12-20(18)23(21)24(22)26;1-3-7-12-10(5-1)9-11-6-2-4-8-13(11)12/h1-14H;1-8H,9H2. The van der Waals surface area contributed by atoms with Crippen molar-refractivity contribution in [2.45, 2.75) is 6.42 Å². The lowest BCUT2D eigenvalue weighted by atomic mass is 9.96. The van der Waals surface area contributed by atoms with E-state index < -0.39 is 10.9 Å². The molecule has 0 atom stereocenters. The molecule has 0 spiro atoms. The molecule has 8 rings (SSSR count). The van der Waals surface area contributed by atoms with Crippen molar-refractivity contribution in [1.82, 2.24) is 0 Å². The number of benzene rings is 5. The fraction of sp³-hybridized carbons (Fsp3) is 0.0270. The van der Waals surface area contributed by atoms with Crippen molar-refractivity contribution in [2.24, 2.45) is 0 Å². The van der Waals surface area contributed by atoms with E-state index in [1.165, 1.54) is 28.3 Å². The van der Waals surface area contributed by atoms with Crippen LogP contribution in [0.5, 0.6) is 0 Å². The fourth-order valence-corrected chi connectivity index (χ4v) is 5.98. The molecular weight excluding hydrogens is 476 g/mol.